The summed E-state index contributed by atoms with van der Waals surface area (Å²) < 4.78 is 36.8. The summed E-state index contributed by atoms with van der Waals surface area (Å²) in [5, 5.41) is 1.82. The second-order valence-electron chi connectivity index (χ2n) is 13.7. The molecule has 10 nitrogen and oxygen atoms in total. The lowest BCUT2D eigenvalue weighted by Gasteiger charge is -2.29. The number of aromatic nitrogens is 1. The van der Waals surface area contributed by atoms with E-state index in [-0.39, 0.29) is 55.8 Å². The summed E-state index contributed by atoms with van der Waals surface area (Å²) in [7, 11) is -3.60. The third-order valence-corrected chi connectivity index (χ3v) is 11.9. The van der Waals surface area contributed by atoms with E-state index in [0.717, 1.165) is 54.9 Å². The van der Waals surface area contributed by atoms with Crippen LogP contribution in [0.1, 0.15) is 83.6 Å². The highest BCUT2D eigenvalue weighted by Crippen LogP contribution is 2.57. The number of carbonyl (C=O) groups excluding carboxylic acids is 4. The molecule has 1 aromatic heterocycles. The number of aryl methyl sites for hydroxylation is 1. The van der Waals surface area contributed by atoms with Crippen LogP contribution < -0.4 is 4.74 Å². The number of cyclic esters (lactones) is 1. The maximum Gasteiger partial charge on any atom is 0.306 e. The molecule has 1 aromatic carbocycles. The number of pyridine rings is 1. The minimum absolute atomic E-state index is 0.0803. The number of rotatable bonds is 11. The first-order valence-electron chi connectivity index (χ1n) is 17.4. The Morgan fingerprint density at radius 3 is 2.69 bits per heavy atom. The van der Waals surface area contributed by atoms with Gasteiger partial charge in [0.15, 0.2) is 21.4 Å². The highest BCUT2D eigenvalue weighted by Gasteiger charge is 2.60. The molecule has 3 aliphatic rings. The van der Waals surface area contributed by atoms with Crippen molar-refractivity contribution in [1.82, 2.24) is 9.88 Å². The maximum atomic E-state index is 14.3. The average molecular weight is 681 g/mol. The van der Waals surface area contributed by atoms with Gasteiger partial charge in [-0.25, -0.2) is 13.4 Å². The predicted octanol–water partition coefficient (Wildman–Crippen LogP) is 5.20. The highest BCUT2D eigenvalue weighted by atomic mass is 32.2. The van der Waals surface area contributed by atoms with Gasteiger partial charge in [-0.3, -0.25) is 19.2 Å². The molecule has 48 heavy (non-hydrogen) atoms. The van der Waals surface area contributed by atoms with E-state index in [9.17, 15) is 27.6 Å². The number of fused-ring (bicyclic) bond motifs is 3. The van der Waals surface area contributed by atoms with Gasteiger partial charge in [0.1, 0.15) is 11.9 Å². The Hall–Kier alpha value is -3.60. The third kappa shape index (κ3) is 8.15. The topological polar surface area (TPSA) is 137 Å². The van der Waals surface area contributed by atoms with E-state index in [1.807, 2.05) is 19.1 Å². The Morgan fingerprint density at radius 2 is 1.96 bits per heavy atom. The van der Waals surface area contributed by atoms with E-state index in [4.69, 9.17) is 9.47 Å². The maximum absolute atomic E-state index is 14.3. The molecule has 2 aliphatic heterocycles. The lowest BCUT2D eigenvalue weighted by atomic mass is 9.88. The summed E-state index contributed by atoms with van der Waals surface area (Å²) in [6.45, 7) is 7.72. The van der Waals surface area contributed by atoms with Crippen LogP contribution in [-0.4, -0.2) is 78.5 Å². The Morgan fingerprint density at radius 1 is 1.15 bits per heavy atom. The summed E-state index contributed by atoms with van der Waals surface area (Å²) in [6.07, 6.45) is 8.39. The monoisotopic (exact) mass is 680 g/mol. The van der Waals surface area contributed by atoms with Crippen molar-refractivity contribution in [2.24, 2.45) is 17.3 Å². The fourth-order valence-electron chi connectivity index (χ4n) is 7.22. The summed E-state index contributed by atoms with van der Waals surface area (Å²) in [5.74, 6) is -2.91. The number of unbranched alkanes of at least 4 members (excludes halogenated alkanes) is 1. The number of nitrogens with zero attached hydrogens (tertiary/aromatic N) is 2. The van der Waals surface area contributed by atoms with Crippen molar-refractivity contribution in [3.05, 3.63) is 48.7 Å². The zero-order chi connectivity index (χ0) is 34.5. The molecule has 5 rings (SSSR count). The van der Waals surface area contributed by atoms with Crippen LogP contribution in [0.3, 0.4) is 0 Å². The number of benzene rings is 1. The van der Waals surface area contributed by atoms with Crippen molar-refractivity contribution in [1.29, 1.82) is 0 Å². The fraction of sp³-hybridized carbons (Fsp3) is 0.595. The van der Waals surface area contributed by atoms with E-state index in [1.165, 1.54) is 11.8 Å². The van der Waals surface area contributed by atoms with E-state index in [0.29, 0.717) is 18.7 Å². The van der Waals surface area contributed by atoms with Gasteiger partial charge in [-0.15, -0.1) is 6.58 Å². The van der Waals surface area contributed by atoms with Crippen LogP contribution in [-0.2, 0) is 40.2 Å². The Bertz CT molecular complexity index is 1660. The van der Waals surface area contributed by atoms with E-state index >= 15 is 0 Å². The molecule has 4 bridgehead atoms. The summed E-state index contributed by atoms with van der Waals surface area (Å²) in [4.78, 5) is 60.9. The molecule has 3 heterocycles. The molecule has 1 saturated carbocycles. The Labute approximate surface area is 283 Å². The molecule has 2 fully saturated rings. The third-order valence-electron chi connectivity index (χ3n) is 10.3. The van der Waals surface area contributed by atoms with Gasteiger partial charge >= 0.3 is 5.97 Å². The minimum Gasteiger partial charge on any atom is -0.472 e. The number of ether oxygens (including phenoxy) is 2. The zero-order valence-corrected chi connectivity index (χ0v) is 29.0. The van der Waals surface area contributed by atoms with Crippen LogP contribution in [0.2, 0.25) is 0 Å². The van der Waals surface area contributed by atoms with Gasteiger partial charge in [0, 0.05) is 41.5 Å². The number of hydrogen-bond acceptors (Lipinski definition) is 9. The molecule has 1 amide bonds. The van der Waals surface area contributed by atoms with E-state index in [1.54, 1.807) is 12.3 Å². The van der Waals surface area contributed by atoms with E-state index < -0.39 is 50.8 Å². The smallest absolute Gasteiger partial charge is 0.306 e. The zero-order valence-electron chi connectivity index (χ0n) is 28.2. The van der Waals surface area contributed by atoms with Crippen LogP contribution in [0.15, 0.2) is 43.1 Å². The number of ketones is 2. The number of carbonyl (C=O) groups is 4. The van der Waals surface area contributed by atoms with Crippen molar-refractivity contribution in [2.45, 2.75) is 96.6 Å². The lowest BCUT2D eigenvalue weighted by molar-refractivity contribution is -0.150. The van der Waals surface area contributed by atoms with Gasteiger partial charge in [0.25, 0.3) is 0 Å². The molecular formula is C37H48N2O8S. The van der Waals surface area contributed by atoms with Crippen LogP contribution in [0, 0.1) is 17.3 Å². The molecule has 1 aliphatic carbocycles. The van der Waals surface area contributed by atoms with Gasteiger partial charge in [-0.1, -0.05) is 44.9 Å². The minimum atomic E-state index is -3.60. The fourth-order valence-corrected chi connectivity index (χ4v) is 8.11. The van der Waals surface area contributed by atoms with Crippen LogP contribution >= 0.6 is 0 Å². The van der Waals surface area contributed by atoms with Crippen molar-refractivity contribution in [2.75, 3.05) is 24.7 Å². The molecule has 260 valence electrons. The first kappa shape index (κ1) is 35.7. The summed E-state index contributed by atoms with van der Waals surface area (Å²) in [6, 6.07) is 7.21. The Kier molecular flexibility index (Phi) is 11.4. The SMILES string of the molecule is C=C[C@H]1C[C@]1(CC(=O)[C@@H]1C[C@@H]2CN1C(=O)[C@H](CCCC)CC(=O)OCCCCCc1ccc3ccnc(c3c1)O2)C(=O)CS(=O)(=O)CC. The number of hydrogen-bond donors (Lipinski definition) is 0. The number of esters is 1. The molecule has 0 radical (unpaired) electrons. The second kappa shape index (κ2) is 15.3. The van der Waals surface area contributed by atoms with Crippen molar-refractivity contribution < 1.29 is 37.1 Å². The molecule has 0 spiro atoms. The van der Waals surface area contributed by atoms with Gasteiger partial charge < -0.3 is 14.4 Å². The summed E-state index contributed by atoms with van der Waals surface area (Å²) >= 11 is 0. The van der Waals surface area contributed by atoms with Crippen molar-refractivity contribution in [3.63, 3.8) is 0 Å². The molecule has 1 saturated heterocycles. The van der Waals surface area contributed by atoms with Crippen LogP contribution in [0.5, 0.6) is 5.88 Å². The second-order valence-corrected chi connectivity index (χ2v) is 16.0. The molecule has 0 N–H and O–H groups in total. The van der Waals surface area contributed by atoms with Crippen molar-refractivity contribution in [3.8, 4) is 5.88 Å². The standard InChI is InChI=1S/C37H48N2O8S/c1-4-7-12-27-19-34(42)46-17-10-8-9-11-25-13-14-26-15-16-38-35(30(26)18-25)47-29-20-31(39(23-29)36(27)43)32(40)22-37(21-28(37)5-2)33(41)24-48(44,45)6-3/h5,13-16,18,27-29,31H,2,4,6-12,17,19-24H2,1,3H3/t27-,28+,29-,31+,37-/m1/s1. The van der Waals surface area contributed by atoms with Gasteiger partial charge in [-0.2, -0.15) is 0 Å². The predicted molar refractivity (Wildman–Crippen MR) is 182 cm³/mol. The lowest BCUT2D eigenvalue weighted by Crippen LogP contribution is -2.45. The van der Waals surface area contributed by atoms with E-state index in [2.05, 4.69) is 23.7 Å². The van der Waals surface area contributed by atoms with Crippen LogP contribution in [0.4, 0.5) is 0 Å². The summed E-state index contributed by atoms with van der Waals surface area (Å²) in [5.41, 5.74) is -0.0187. The quantitative estimate of drug-likeness (QED) is 0.232. The highest BCUT2D eigenvalue weighted by molar-refractivity contribution is 7.92. The van der Waals surface area contributed by atoms with Gasteiger partial charge in [0.2, 0.25) is 11.8 Å². The van der Waals surface area contributed by atoms with Gasteiger partial charge in [-0.05, 0) is 67.5 Å². The van der Waals surface area contributed by atoms with Crippen LogP contribution in [0.25, 0.3) is 10.8 Å². The Balaban J connectivity index is 1.47. The number of sulfone groups is 1. The number of amides is 1. The number of Topliss-reactive ketones (excluding diaryl/α,β-unsaturated/α-hetero) is 2. The first-order chi connectivity index (χ1) is 23.0. The average Bonchev–Trinajstić information content (AvgIpc) is 3.63. The largest absolute Gasteiger partial charge is 0.472 e. The molecule has 5 atom stereocenters. The first-order valence-corrected chi connectivity index (χ1v) is 19.2. The molecule has 0 unspecified atom stereocenters. The van der Waals surface area contributed by atoms with Crippen molar-refractivity contribution >= 4 is 44.1 Å². The molecular weight excluding hydrogens is 632 g/mol. The molecule has 2 aromatic rings. The van der Waals surface area contributed by atoms with Gasteiger partial charge in [0.05, 0.1) is 25.6 Å². The molecule has 11 heteroatoms. The normalized spacial score (nSPS) is 26.8. The number of allylic oxidation sites excluding steroid dienone is 1.